The van der Waals surface area contributed by atoms with Crippen LogP contribution in [0.3, 0.4) is 0 Å². The van der Waals surface area contributed by atoms with Gasteiger partial charge < -0.3 is 16.0 Å². The van der Waals surface area contributed by atoms with Crippen molar-refractivity contribution in [2.45, 2.75) is 32.2 Å². The van der Waals surface area contributed by atoms with Gasteiger partial charge in [-0.2, -0.15) is 0 Å². The fourth-order valence-corrected chi connectivity index (χ4v) is 2.80. The number of nitrogens with one attached hydrogen (secondary N) is 3. The van der Waals surface area contributed by atoms with Crippen molar-refractivity contribution >= 4 is 24.2 Å². The summed E-state index contributed by atoms with van der Waals surface area (Å²) in [5, 5.41) is 9.19. The van der Waals surface area contributed by atoms with Gasteiger partial charge in [0.2, 0.25) is 11.8 Å². The number of hydrogen-bond donors (Lipinski definition) is 3. The molecular weight excluding hydrogens is 314 g/mol. The van der Waals surface area contributed by atoms with E-state index in [-0.39, 0.29) is 36.7 Å². The van der Waals surface area contributed by atoms with Crippen molar-refractivity contribution in [1.29, 1.82) is 0 Å². The minimum absolute atomic E-state index is 0. The summed E-state index contributed by atoms with van der Waals surface area (Å²) in [6.45, 7) is 4.21. The highest BCUT2D eigenvalue weighted by molar-refractivity contribution is 5.85. The third kappa shape index (κ3) is 7.01. The predicted octanol–water partition coefficient (Wildman–Crippen LogP) is 1.79. The van der Waals surface area contributed by atoms with E-state index in [4.69, 9.17) is 0 Å². The molecule has 0 radical (unpaired) electrons. The second kappa shape index (κ2) is 10.2. The summed E-state index contributed by atoms with van der Waals surface area (Å²) < 4.78 is 0. The number of amides is 2. The van der Waals surface area contributed by atoms with E-state index in [0.717, 1.165) is 25.1 Å². The Balaban J connectivity index is 0.00000264. The zero-order chi connectivity index (χ0) is 15.8. The molecule has 6 heteroatoms. The van der Waals surface area contributed by atoms with Crippen LogP contribution < -0.4 is 16.0 Å². The maximum atomic E-state index is 12.2. The van der Waals surface area contributed by atoms with Crippen LogP contribution >= 0.6 is 12.4 Å². The Morgan fingerprint density at radius 3 is 2.65 bits per heavy atom. The second-order valence-corrected chi connectivity index (χ2v) is 5.88. The van der Waals surface area contributed by atoms with Gasteiger partial charge in [-0.3, -0.25) is 9.59 Å². The molecule has 1 aromatic carbocycles. The molecule has 2 atom stereocenters. The molecule has 2 rings (SSSR count). The van der Waals surface area contributed by atoms with Gasteiger partial charge in [-0.1, -0.05) is 30.3 Å². The third-order valence-corrected chi connectivity index (χ3v) is 3.96. The summed E-state index contributed by atoms with van der Waals surface area (Å²) in [5.74, 6) is 0.361. The van der Waals surface area contributed by atoms with Crippen LogP contribution in [0.1, 0.15) is 37.8 Å². The van der Waals surface area contributed by atoms with E-state index in [1.54, 1.807) is 0 Å². The van der Waals surface area contributed by atoms with Crippen LogP contribution in [0.4, 0.5) is 0 Å². The van der Waals surface area contributed by atoms with Crippen LogP contribution in [0.5, 0.6) is 0 Å². The average molecular weight is 340 g/mol. The first kappa shape index (κ1) is 19.5. The first-order chi connectivity index (χ1) is 10.6. The third-order valence-electron chi connectivity index (χ3n) is 3.96. The van der Waals surface area contributed by atoms with Crippen LogP contribution in [0.25, 0.3) is 0 Å². The molecule has 1 aliphatic heterocycles. The number of piperidine rings is 1. The fourth-order valence-electron chi connectivity index (χ4n) is 2.80. The molecule has 0 saturated carbocycles. The monoisotopic (exact) mass is 339 g/mol. The minimum Gasteiger partial charge on any atom is -0.356 e. The van der Waals surface area contributed by atoms with Gasteiger partial charge >= 0.3 is 0 Å². The van der Waals surface area contributed by atoms with E-state index < -0.39 is 0 Å². The molecule has 128 valence electrons. The molecule has 1 aliphatic rings. The molecule has 1 saturated heterocycles. The predicted molar refractivity (Wildman–Crippen MR) is 93.5 cm³/mol. The van der Waals surface area contributed by atoms with Crippen molar-refractivity contribution in [2.24, 2.45) is 5.92 Å². The van der Waals surface area contributed by atoms with E-state index in [0.29, 0.717) is 12.5 Å². The van der Waals surface area contributed by atoms with E-state index >= 15 is 0 Å². The van der Waals surface area contributed by atoms with Gasteiger partial charge in [0.15, 0.2) is 0 Å². The zero-order valence-electron chi connectivity index (χ0n) is 13.5. The molecule has 2 unspecified atom stereocenters. The lowest BCUT2D eigenvalue weighted by Gasteiger charge is -2.23. The fraction of sp³-hybridized carbons (Fsp3) is 0.529. The summed E-state index contributed by atoms with van der Waals surface area (Å²) >= 11 is 0. The van der Waals surface area contributed by atoms with Crippen molar-refractivity contribution in [3.63, 3.8) is 0 Å². The Morgan fingerprint density at radius 2 is 2.04 bits per heavy atom. The van der Waals surface area contributed by atoms with E-state index in [1.165, 1.54) is 13.3 Å². The van der Waals surface area contributed by atoms with Crippen molar-refractivity contribution in [3.05, 3.63) is 35.9 Å². The topological polar surface area (TPSA) is 70.2 Å². The number of halogens is 1. The highest BCUT2D eigenvalue weighted by atomic mass is 35.5. The van der Waals surface area contributed by atoms with Crippen LogP contribution in [-0.4, -0.2) is 31.4 Å². The molecule has 0 bridgehead atoms. The molecule has 3 N–H and O–H groups in total. The van der Waals surface area contributed by atoms with Crippen LogP contribution in [0.2, 0.25) is 0 Å². The van der Waals surface area contributed by atoms with Gasteiger partial charge in [-0.15, -0.1) is 12.4 Å². The van der Waals surface area contributed by atoms with Crippen LogP contribution in [0, 0.1) is 5.92 Å². The zero-order valence-corrected chi connectivity index (χ0v) is 14.3. The van der Waals surface area contributed by atoms with Gasteiger partial charge in [0, 0.05) is 13.5 Å². The van der Waals surface area contributed by atoms with Crippen molar-refractivity contribution in [3.8, 4) is 0 Å². The summed E-state index contributed by atoms with van der Waals surface area (Å²) in [6, 6.07) is 9.33. The molecule has 1 fully saturated rings. The molecule has 1 aromatic rings. The molecule has 2 amide bonds. The highest BCUT2D eigenvalue weighted by Crippen LogP contribution is 2.16. The summed E-state index contributed by atoms with van der Waals surface area (Å²) in [6.07, 6.45) is 2.59. The second-order valence-electron chi connectivity index (χ2n) is 5.88. The van der Waals surface area contributed by atoms with E-state index in [9.17, 15) is 9.59 Å². The molecule has 23 heavy (non-hydrogen) atoms. The van der Waals surface area contributed by atoms with Gasteiger partial charge in [0.25, 0.3) is 0 Å². The van der Waals surface area contributed by atoms with Crippen LogP contribution in [-0.2, 0) is 9.59 Å². The largest absolute Gasteiger partial charge is 0.356 e. The Morgan fingerprint density at radius 1 is 1.30 bits per heavy atom. The molecular formula is C17H26ClN3O2. The number of benzene rings is 1. The summed E-state index contributed by atoms with van der Waals surface area (Å²) in [7, 11) is 0. The molecule has 0 aliphatic carbocycles. The molecule has 1 heterocycles. The quantitative estimate of drug-likeness (QED) is 0.740. The molecule has 0 spiro atoms. The van der Waals surface area contributed by atoms with Crippen molar-refractivity contribution < 1.29 is 9.59 Å². The van der Waals surface area contributed by atoms with Crippen molar-refractivity contribution in [2.75, 3.05) is 19.6 Å². The lowest BCUT2D eigenvalue weighted by molar-refractivity contribution is -0.123. The standard InChI is InChI=1S/C17H25N3O2.ClH/c1-13(21)20-16(15-7-3-2-4-8-15)10-17(22)19-12-14-6-5-9-18-11-14;/h2-4,7-8,14,16,18H,5-6,9-12H2,1H3,(H,19,22)(H,20,21);1H. The van der Waals surface area contributed by atoms with Gasteiger partial charge in [0.05, 0.1) is 12.5 Å². The smallest absolute Gasteiger partial charge is 0.222 e. The van der Waals surface area contributed by atoms with Crippen molar-refractivity contribution in [1.82, 2.24) is 16.0 Å². The Kier molecular flexibility index (Phi) is 8.66. The van der Waals surface area contributed by atoms with Gasteiger partial charge in [-0.05, 0) is 37.4 Å². The SMILES string of the molecule is CC(=O)NC(CC(=O)NCC1CCCNC1)c1ccccc1.Cl. The lowest BCUT2D eigenvalue weighted by Crippen LogP contribution is -2.39. The van der Waals surface area contributed by atoms with E-state index in [2.05, 4.69) is 16.0 Å². The first-order valence-corrected chi connectivity index (χ1v) is 7.94. The Bertz CT molecular complexity index is 490. The molecule has 5 nitrogen and oxygen atoms in total. The number of hydrogen-bond acceptors (Lipinski definition) is 3. The average Bonchev–Trinajstić information content (AvgIpc) is 2.54. The highest BCUT2D eigenvalue weighted by Gasteiger charge is 2.18. The number of rotatable bonds is 6. The van der Waals surface area contributed by atoms with Gasteiger partial charge in [0.1, 0.15) is 0 Å². The summed E-state index contributed by atoms with van der Waals surface area (Å²) in [4.78, 5) is 23.5. The molecule has 0 aromatic heterocycles. The maximum absolute atomic E-state index is 12.2. The van der Waals surface area contributed by atoms with E-state index in [1.807, 2.05) is 30.3 Å². The normalized spacial score (nSPS) is 18.4. The summed E-state index contributed by atoms with van der Waals surface area (Å²) in [5.41, 5.74) is 0.951. The Labute approximate surface area is 144 Å². The number of carbonyl (C=O) groups excluding carboxylic acids is 2. The maximum Gasteiger partial charge on any atom is 0.222 e. The Hall–Kier alpha value is -1.59. The minimum atomic E-state index is -0.275. The first-order valence-electron chi connectivity index (χ1n) is 7.94. The van der Waals surface area contributed by atoms with Gasteiger partial charge in [-0.25, -0.2) is 0 Å². The van der Waals surface area contributed by atoms with Crippen LogP contribution in [0.15, 0.2) is 30.3 Å². The lowest BCUT2D eigenvalue weighted by atomic mass is 9.99. The number of carbonyl (C=O) groups is 2.